The van der Waals surface area contributed by atoms with Crippen molar-refractivity contribution in [2.75, 3.05) is 0 Å². The summed E-state index contributed by atoms with van der Waals surface area (Å²) in [5, 5.41) is 5.08. The van der Waals surface area contributed by atoms with Crippen LogP contribution in [-0.2, 0) is 10.8 Å². The van der Waals surface area contributed by atoms with Gasteiger partial charge in [0.25, 0.3) is 0 Å². The van der Waals surface area contributed by atoms with Gasteiger partial charge in [-0.1, -0.05) is 206 Å². The predicted octanol–water partition coefficient (Wildman–Crippen LogP) is 16.6. The van der Waals surface area contributed by atoms with E-state index in [4.69, 9.17) is 0 Å². The molecule has 2 unspecified atom stereocenters. The molecule has 3 aliphatic carbocycles. The molecule has 70 heavy (non-hydrogen) atoms. The van der Waals surface area contributed by atoms with E-state index in [0.29, 0.717) is 0 Å². The molecule has 11 aromatic carbocycles. The molecule has 0 N–H and O–H groups in total. The molecular formula is C68H44N2. The van der Waals surface area contributed by atoms with Crippen molar-refractivity contribution < 1.29 is 0 Å². The minimum Gasteiger partial charge on any atom is -0.309 e. The van der Waals surface area contributed by atoms with Gasteiger partial charge in [-0.3, -0.25) is 0 Å². The number of aromatic nitrogens is 2. The first-order valence-corrected chi connectivity index (χ1v) is 24.4. The van der Waals surface area contributed by atoms with E-state index in [1.54, 1.807) is 0 Å². The van der Waals surface area contributed by atoms with Crippen LogP contribution in [0, 0.1) is 0 Å². The lowest BCUT2D eigenvalue weighted by Gasteiger charge is -2.57. The number of rotatable bonds is 6. The van der Waals surface area contributed by atoms with Crippen molar-refractivity contribution in [3.05, 3.63) is 311 Å². The van der Waals surface area contributed by atoms with Crippen LogP contribution in [0.5, 0.6) is 0 Å². The molecule has 0 saturated heterocycles. The topological polar surface area (TPSA) is 9.86 Å². The monoisotopic (exact) mass is 888 g/mol. The van der Waals surface area contributed by atoms with Crippen LogP contribution < -0.4 is 0 Å². The zero-order valence-corrected chi connectivity index (χ0v) is 38.3. The molecule has 0 saturated carbocycles. The Kier molecular flexibility index (Phi) is 8.24. The molecule has 2 bridgehead atoms. The van der Waals surface area contributed by atoms with Crippen molar-refractivity contribution >= 4 is 43.6 Å². The molecule has 3 aliphatic rings. The van der Waals surface area contributed by atoms with Crippen molar-refractivity contribution in [3.8, 4) is 33.6 Å². The number of fused-ring (bicyclic) bond motifs is 6. The fourth-order valence-electron chi connectivity index (χ4n) is 13.0. The number of hydrogen-bond donors (Lipinski definition) is 0. The highest BCUT2D eigenvalue weighted by molar-refractivity contribution is 6.10. The molecule has 0 aliphatic heterocycles. The summed E-state index contributed by atoms with van der Waals surface area (Å²) in [6.45, 7) is 0. The van der Waals surface area contributed by atoms with Crippen LogP contribution in [0.3, 0.4) is 0 Å². The SMILES string of the molecule is c1ccc(C23c4ccccc4C(c4ccccc4)(c4ccc(-c5ccc(-n6c7ccccc7c7ccccc76)cc5)cc42)c2cc(-c4ccc(-n5c6ccccc6c6ccccc65)cc4)ccc23)cc1. The van der Waals surface area contributed by atoms with Crippen molar-refractivity contribution in [1.82, 2.24) is 9.13 Å². The maximum atomic E-state index is 2.52. The van der Waals surface area contributed by atoms with E-state index >= 15 is 0 Å². The Morgan fingerprint density at radius 3 is 0.857 bits per heavy atom. The highest BCUT2D eigenvalue weighted by Crippen LogP contribution is 2.66. The zero-order valence-electron chi connectivity index (χ0n) is 38.3. The first-order chi connectivity index (χ1) is 34.7. The fourth-order valence-corrected chi connectivity index (χ4v) is 13.0. The third-order valence-electron chi connectivity index (χ3n) is 15.9. The minimum atomic E-state index is -0.573. The van der Waals surface area contributed by atoms with Gasteiger partial charge in [0, 0.05) is 32.9 Å². The van der Waals surface area contributed by atoms with Gasteiger partial charge in [0.2, 0.25) is 0 Å². The van der Waals surface area contributed by atoms with E-state index < -0.39 is 10.8 Å². The van der Waals surface area contributed by atoms with Crippen molar-refractivity contribution in [3.63, 3.8) is 0 Å². The Balaban J connectivity index is 0.931. The maximum Gasteiger partial charge on any atom is 0.0711 e. The van der Waals surface area contributed by atoms with Crippen LogP contribution in [0.15, 0.2) is 267 Å². The van der Waals surface area contributed by atoms with Crippen LogP contribution in [-0.4, -0.2) is 9.13 Å². The van der Waals surface area contributed by atoms with E-state index in [-0.39, 0.29) is 0 Å². The summed E-state index contributed by atoms with van der Waals surface area (Å²) in [5.74, 6) is 0. The summed E-state index contributed by atoms with van der Waals surface area (Å²) in [5.41, 5.74) is 21.4. The maximum absolute atomic E-state index is 2.52. The standard InChI is InChI=1S/C68H44N2/c1-3-17-49(18-4-1)67-57-25-11-12-26-58(57)68(50-19-5-2-6-20-50,60-42-36-47(43-61(60)67)45-31-37-51(38-32-45)69-63-27-13-7-21-53(63)54-22-8-14-28-64(54)69)62-44-48(35-41-59(62)67)46-33-39-52(40-34-46)70-65-29-15-9-23-55(65)56-24-10-16-30-66(56)70/h1-44H. The Bertz CT molecular complexity index is 3830. The average molecular weight is 889 g/mol. The second kappa shape index (κ2) is 14.8. The third kappa shape index (κ3) is 5.17. The number of hydrogen-bond acceptors (Lipinski definition) is 0. The number of para-hydroxylation sites is 4. The van der Waals surface area contributed by atoms with Gasteiger partial charge in [0.15, 0.2) is 0 Å². The highest BCUT2D eigenvalue weighted by atomic mass is 15.0. The van der Waals surface area contributed by atoms with Crippen LogP contribution in [0.1, 0.15) is 44.5 Å². The molecule has 2 heterocycles. The zero-order chi connectivity index (χ0) is 46.0. The average Bonchev–Trinajstić information content (AvgIpc) is 3.97. The molecule has 16 rings (SSSR count). The van der Waals surface area contributed by atoms with E-state index in [1.165, 1.54) is 110 Å². The molecule has 2 atom stereocenters. The Labute approximate surface area is 406 Å². The molecule has 0 radical (unpaired) electrons. The van der Waals surface area contributed by atoms with Gasteiger partial charge in [0.05, 0.1) is 32.9 Å². The smallest absolute Gasteiger partial charge is 0.0711 e. The lowest BCUT2D eigenvalue weighted by Crippen LogP contribution is -2.51. The van der Waals surface area contributed by atoms with Crippen molar-refractivity contribution in [1.29, 1.82) is 0 Å². The van der Waals surface area contributed by atoms with Crippen LogP contribution >= 0.6 is 0 Å². The lowest BCUT2D eigenvalue weighted by atomic mass is 9.44. The molecule has 0 amide bonds. The summed E-state index contributed by atoms with van der Waals surface area (Å²) >= 11 is 0. The molecule has 326 valence electrons. The summed E-state index contributed by atoms with van der Waals surface area (Å²) in [4.78, 5) is 0. The van der Waals surface area contributed by atoms with Gasteiger partial charge in [-0.2, -0.15) is 0 Å². The van der Waals surface area contributed by atoms with Crippen LogP contribution in [0.4, 0.5) is 0 Å². The van der Waals surface area contributed by atoms with E-state index in [9.17, 15) is 0 Å². The molecule has 2 heteroatoms. The second-order valence-electron chi connectivity index (χ2n) is 19.1. The van der Waals surface area contributed by atoms with Crippen molar-refractivity contribution in [2.45, 2.75) is 10.8 Å². The number of benzene rings is 11. The van der Waals surface area contributed by atoms with Crippen LogP contribution in [0.2, 0.25) is 0 Å². The molecule has 0 spiro atoms. The largest absolute Gasteiger partial charge is 0.309 e. The Morgan fingerprint density at radius 2 is 0.500 bits per heavy atom. The Hall–Kier alpha value is -8.98. The van der Waals surface area contributed by atoms with Gasteiger partial charge in [-0.05, 0) is 127 Å². The molecule has 2 aromatic heterocycles. The van der Waals surface area contributed by atoms with Gasteiger partial charge in [-0.15, -0.1) is 0 Å². The van der Waals surface area contributed by atoms with Crippen molar-refractivity contribution in [2.24, 2.45) is 0 Å². The normalized spacial score (nSPS) is 16.7. The first kappa shape index (κ1) is 39.1. The third-order valence-corrected chi connectivity index (χ3v) is 15.9. The van der Waals surface area contributed by atoms with Gasteiger partial charge < -0.3 is 9.13 Å². The Morgan fingerprint density at radius 1 is 0.214 bits per heavy atom. The van der Waals surface area contributed by atoms with Gasteiger partial charge in [0.1, 0.15) is 0 Å². The summed E-state index contributed by atoms with van der Waals surface area (Å²) in [6.07, 6.45) is 0. The van der Waals surface area contributed by atoms with E-state index in [1.807, 2.05) is 0 Å². The lowest BCUT2D eigenvalue weighted by molar-refractivity contribution is 0.557. The van der Waals surface area contributed by atoms with Crippen LogP contribution in [0.25, 0.3) is 77.2 Å². The van der Waals surface area contributed by atoms with E-state index in [0.717, 1.165) is 11.4 Å². The molecule has 13 aromatic rings. The quantitative estimate of drug-likeness (QED) is 0.157. The van der Waals surface area contributed by atoms with Gasteiger partial charge in [-0.25, -0.2) is 0 Å². The fraction of sp³-hybridized carbons (Fsp3) is 0.0294. The number of nitrogens with zero attached hydrogens (tertiary/aromatic N) is 2. The van der Waals surface area contributed by atoms with Gasteiger partial charge >= 0.3 is 0 Å². The van der Waals surface area contributed by atoms with E-state index in [2.05, 4.69) is 276 Å². The second-order valence-corrected chi connectivity index (χ2v) is 19.1. The summed E-state index contributed by atoms with van der Waals surface area (Å²) in [7, 11) is 0. The minimum absolute atomic E-state index is 0.573. The first-order valence-electron chi connectivity index (χ1n) is 24.4. The molecule has 0 fully saturated rings. The summed E-state index contributed by atoms with van der Waals surface area (Å²) in [6, 6.07) is 99.9. The molecular weight excluding hydrogens is 845 g/mol. The highest BCUT2D eigenvalue weighted by Gasteiger charge is 2.60. The summed E-state index contributed by atoms with van der Waals surface area (Å²) < 4.78 is 4.80. The molecule has 2 nitrogen and oxygen atoms in total. The predicted molar refractivity (Wildman–Crippen MR) is 290 cm³/mol.